The van der Waals surface area contributed by atoms with Crippen molar-refractivity contribution in [2.75, 3.05) is 17.3 Å². The molecule has 0 aliphatic carbocycles. The second-order valence-corrected chi connectivity index (χ2v) is 9.50. The molecule has 3 aromatic rings. The Labute approximate surface area is 247 Å². The Balaban J connectivity index is 2.07. The molecule has 18 heteroatoms. The van der Waals surface area contributed by atoms with Crippen LogP contribution in [0.4, 0.5) is 59.7 Å². The van der Waals surface area contributed by atoms with Crippen LogP contribution in [0.3, 0.4) is 0 Å². The van der Waals surface area contributed by atoms with Gasteiger partial charge in [0.25, 0.3) is 11.8 Å². The van der Waals surface area contributed by atoms with Crippen LogP contribution in [-0.4, -0.2) is 37.8 Å². The van der Waals surface area contributed by atoms with Crippen molar-refractivity contribution < 1.29 is 62.6 Å². The molecule has 0 saturated carbocycles. The highest BCUT2D eigenvalue weighted by Gasteiger charge is 2.73. The van der Waals surface area contributed by atoms with Gasteiger partial charge in [-0.1, -0.05) is 0 Å². The Morgan fingerprint density at radius 1 is 0.955 bits per heavy atom. The van der Waals surface area contributed by atoms with Gasteiger partial charge in [-0.2, -0.15) is 40.4 Å². The number of nitrogens with one attached hydrogen (secondary N) is 1. The van der Waals surface area contributed by atoms with Crippen LogP contribution < -0.4 is 15.0 Å². The van der Waals surface area contributed by atoms with Crippen molar-refractivity contribution in [3.05, 3.63) is 86.9 Å². The van der Waals surface area contributed by atoms with Crippen molar-refractivity contribution in [2.45, 2.75) is 24.6 Å². The second-order valence-electron chi connectivity index (χ2n) is 8.65. The van der Waals surface area contributed by atoms with E-state index in [0.717, 1.165) is 37.4 Å². The fourth-order valence-electron chi connectivity index (χ4n) is 3.76. The molecule has 0 spiro atoms. The Morgan fingerprint density at radius 3 is 2.09 bits per heavy atom. The molecular weight excluding hydrogens is 691 g/mol. The van der Waals surface area contributed by atoms with Gasteiger partial charge in [0.1, 0.15) is 17.7 Å². The molecule has 3 aromatic carbocycles. The van der Waals surface area contributed by atoms with E-state index in [9.17, 15) is 63.1 Å². The quantitative estimate of drug-likeness (QED) is 0.253. The number of anilines is 2. The number of carbonyl (C=O) groups is 2. The minimum atomic E-state index is -6.60. The molecule has 3 rings (SSSR count). The van der Waals surface area contributed by atoms with E-state index < -0.39 is 80.7 Å². The standard InChI is InChI=1S/C26H13BrF11N3O3/c1-41(22(43)15-5-4-14(28)9-17(15)29)18-6-11(2-3-12(18)10-39)21(42)40-20-16(27)7-13(8-19(20)44-23(30)31)24(32,25(33,34)35)26(36,37)38/h2-9,23H,1H3,(H,40,42). The van der Waals surface area contributed by atoms with E-state index in [1.54, 1.807) is 6.07 Å². The molecule has 44 heavy (non-hydrogen) atoms. The molecule has 0 aromatic heterocycles. The molecule has 0 heterocycles. The second kappa shape index (κ2) is 12.3. The highest BCUT2D eigenvalue weighted by Crippen LogP contribution is 2.55. The zero-order chi connectivity index (χ0) is 33.4. The first-order chi connectivity index (χ1) is 20.2. The summed E-state index contributed by atoms with van der Waals surface area (Å²) in [6.07, 6.45) is -13.2. The van der Waals surface area contributed by atoms with E-state index in [-0.39, 0.29) is 23.4 Å². The van der Waals surface area contributed by atoms with E-state index >= 15 is 0 Å². The maximum Gasteiger partial charge on any atom is 0.435 e. The van der Waals surface area contributed by atoms with Crippen LogP contribution in [0.1, 0.15) is 31.8 Å². The number of benzene rings is 3. The number of ether oxygens (including phenoxy) is 1. The minimum absolute atomic E-state index is 0.0528. The zero-order valence-corrected chi connectivity index (χ0v) is 22.9. The Morgan fingerprint density at radius 2 is 1.57 bits per heavy atom. The van der Waals surface area contributed by atoms with Crippen molar-refractivity contribution in [3.63, 3.8) is 0 Å². The van der Waals surface area contributed by atoms with E-state index in [4.69, 9.17) is 0 Å². The number of carbonyl (C=O) groups excluding carboxylic acids is 2. The highest BCUT2D eigenvalue weighted by molar-refractivity contribution is 9.10. The molecular formula is C26H13BrF11N3O3. The van der Waals surface area contributed by atoms with Crippen molar-refractivity contribution in [3.8, 4) is 11.8 Å². The van der Waals surface area contributed by atoms with Gasteiger partial charge in [-0.15, -0.1) is 0 Å². The summed E-state index contributed by atoms with van der Waals surface area (Å²) in [5, 5.41) is 11.4. The predicted octanol–water partition coefficient (Wildman–Crippen LogP) is 8.02. The summed E-state index contributed by atoms with van der Waals surface area (Å²) >= 11 is 2.53. The number of rotatable bonds is 7. The summed E-state index contributed by atoms with van der Waals surface area (Å²) < 4.78 is 151. The summed E-state index contributed by atoms with van der Waals surface area (Å²) in [4.78, 5) is 26.6. The van der Waals surface area contributed by atoms with E-state index in [1.807, 2.05) is 5.32 Å². The monoisotopic (exact) mass is 703 g/mol. The molecule has 1 N–H and O–H groups in total. The van der Waals surface area contributed by atoms with Gasteiger partial charge in [0.05, 0.1) is 22.5 Å². The zero-order valence-electron chi connectivity index (χ0n) is 21.4. The molecule has 0 atom stereocenters. The molecule has 0 aliphatic rings. The van der Waals surface area contributed by atoms with Gasteiger partial charge < -0.3 is 15.0 Å². The average molecular weight is 704 g/mol. The minimum Gasteiger partial charge on any atom is -0.433 e. The van der Waals surface area contributed by atoms with Gasteiger partial charge >= 0.3 is 24.6 Å². The summed E-state index contributed by atoms with van der Waals surface area (Å²) in [5.41, 5.74) is -10.9. The molecule has 0 aliphatic heterocycles. The summed E-state index contributed by atoms with van der Waals surface area (Å²) in [6.45, 7) is -3.87. The Bertz CT molecular complexity index is 1640. The highest BCUT2D eigenvalue weighted by atomic mass is 79.9. The smallest absolute Gasteiger partial charge is 0.433 e. The topological polar surface area (TPSA) is 82.4 Å². The summed E-state index contributed by atoms with van der Waals surface area (Å²) in [6, 6.07) is 6.15. The largest absolute Gasteiger partial charge is 0.435 e. The Hall–Kier alpha value is -4.40. The van der Waals surface area contributed by atoms with Gasteiger partial charge in [0, 0.05) is 28.7 Å². The number of alkyl halides is 9. The lowest BCUT2D eigenvalue weighted by molar-refractivity contribution is -0.348. The normalized spacial score (nSPS) is 12.1. The first kappa shape index (κ1) is 34.1. The molecule has 0 bridgehead atoms. The average Bonchev–Trinajstić information content (AvgIpc) is 2.91. The fraction of sp³-hybridized carbons (Fsp3) is 0.192. The molecule has 0 unspecified atom stereocenters. The van der Waals surface area contributed by atoms with E-state index in [2.05, 4.69) is 20.7 Å². The molecule has 0 radical (unpaired) electrons. The van der Waals surface area contributed by atoms with Crippen LogP contribution in [0.25, 0.3) is 0 Å². The lowest BCUT2D eigenvalue weighted by atomic mass is 9.93. The van der Waals surface area contributed by atoms with E-state index in [0.29, 0.717) is 11.0 Å². The third-order valence-corrected chi connectivity index (χ3v) is 6.52. The number of amides is 2. The van der Waals surface area contributed by atoms with Crippen molar-refractivity contribution in [1.29, 1.82) is 5.26 Å². The van der Waals surface area contributed by atoms with Crippen LogP contribution in [-0.2, 0) is 5.67 Å². The van der Waals surface area contributed by atoms with Crippen molar-refractivity contribution >= 4 is 39.1 Å². The number of halogens is 12. The lowest BCUT2D eigenvalue weighted by Gasteiger charge is -2.31. The number of nitrogens with zero attached hydrogens (tertiary/aromatic N) is 2. The van der Waals surface area contributed by atoms with Crippen LogP contribution in [0.2, 0.25) is 0 Å². The third kappa shape index (κ3) is 6.56. The number of nitriles is 1. The Kier molecular flexibility index (Phi) is 9.53. The van der Waals surface area contributed by atoms with Gasteiger partial charge in [0.2, 0.25) is 0 Å². The third-order valence-electron chi connectivity index (χ3n) is 5.90. The molecule has 0 fully saturated rings. The first-order valence-electron chi connectivity index (χ1n) is 11.4. The van der Waals surface area contributed by atoms with Crippen LogP contribution in [0, 0.1) is 23.0 Å². The van der Waals surface area contributed by atoms with Crippen LogP contribution >= 0.6 is 15.9 Å². The maximum absolute atomic E-state index is 14.6. The lowest BCUT2D eigenvalue weighted by Crippen LogP contribution is -2.50. The summed E-state index contributed by atoms with van der Waals surface area (Å²) in [5.74, 6) is -6.16. The molecule has 234 valence electrons. The molecule has 0 saturated heterocycles. The number of hydrogen-bond donors (Lipinski definition) is 1. The van der Waals surface area contributed by atoms with Gasteiger partial charge in [-0.25, -0.2) is 13.2 Å². The fourth-order valence-corrected chi connectivity index (χ4v) is 4.30. The van der Waals surface area contributed by atoms with Crippen molar-refractivity contribution in [1.82, 2.24) is 0 Å². The summed E-state index contributed by atoms with van der Waals surface area (Å²) in [7, 11) is 1.05. The van der Waals surface area contributed by atoms with Crippen molar-refractivity contribution in [2.24, 2.45) is 0 Å². The first-order valence-corrected chi connectivity index (χ1v) is 12.2. The number of hydrogen-bond acceptors (Lipinski definition) is 4. The predicted molar refractivity (Wildman–Crippen MR) is 134 cm³/mol. The molecule has 6 nitrogen and oxygen atoms in total. The van der Waals surface area contributed by atoms with Gasteiger partial charge in [-0.05, 0) is 58.4 Å². The van der Waals surface area contributed by atoms with E-state index in [1.165, 1.54) is 0 Å². The van der Waals surface area contributed by atoms with Gasteiger partial charge in [0.15, 0.2) is 5.75 Å². The van der Waals surface area contributed by atoms with Crippen LogP contribution in [0.5, 0.6) is 5.75 Å². The molecule has 2 amide bonds. The van der Waals surface area contributed by atoms with Crippen LogP contribution in [0.15, 0.2) is 53.0 Å². The van der Waals surface area contributed by atoms with Gasteiger partial charge in [-0.3, -0.25) is 9.59 Å². The SMILES string of the molecule is CN(C(=O)c1ccc(F)cc1F)c1cc(C(=O)Nc2c(Br)cc(C(F)(C(F)(F)F)C(F)(F)F)cc2OC(F)F)ccc1C#N. The maximum atomic E-state index is 14.6.